The van der Waals surface area contributed by atoms with Crippen LogP contribution in [0.3, 0.4) is 0 Å². The Bertz CT molecular complexity index is 1550. The summed E-state index contributed by atoms with van der Waals surface area (Å²) in [7, 11) is -0.549. The van der Waals surface area contributed by atoms with Crippen LogP contribution in [-0.4, -0.2) is 67.4 Å². The molecule has 0 radical (unpaired) electrons. The number of anilines is 1. The molecule has 1 aliphatic heterocycles. The summed E-state index contributed by atoms with van der Waals surface area (Å²) < 4.78 is 42.7. The highest BCUT2D eigenvalue weighted by Gasteiger charge is 2.23. The average molecular weight is 516 g/mol. The Morgan fingerprint density at radius 1 is 1.17 bits per heavy atom. The molecule has 1 fully saturated rings. The van der Waals surface area contributed by atoms with Crippen LogP contribution in [0.1, 0.15) is 25.3 Å². The van der Waals surface area contributed by atoms with Gasteiger partial charge in [0.15, 0.2) is 11.2 Å². The van der Waals surface area contributed by atoms with Gasteiger partial charge >= 0.3 is 5.76 Å². The molecule has 4 aromatic rings. The highest BCUT2D eigenvalue weighted by molar-refractivity contribution is 7.89. The van der Waals surface area contributed by atoms with Crippen LogP contribution in [0.4, 0.5) is 6.01 Å². The number of nitrogens with one attached hydrogen (secondary N) is 2. The van der Waals surface area contributed by atoms with Gasteiger partial charge in [0.25, 0.3) is 6.01 Å². The summed E-state index contributed by atoms with van der Waals surface area (Å²) in [5.41, 5.74) is 3.12. The Morgan fingerprint density at radius 2 is 1.94 bits per heavy atom. The van der Waals surface area contributed by atoms with Crippen LogP contribution < -0.4 is 15.8 Å². The number of benzene rings is 2. The van der Waals surface area contributed by atoms with Gasteiger partial charge < -0.3 is 18.9 Å². The van der Waals surface area contributed by atoms with Crippen LogP contribution in [0.15, 0.2) is 48.9 Å². The minimum absolute atomic E-state index is 0.178. The molecule has 0 aliphatic carbocycles. The fraction of sp³-hybridized carbons (Fsp3) is 0.417. The van der Waals surface area contributed by atoms with Crippen molar-refractivity contribution in [2.45, 2.75) is 37.2 Å². The molecule has 12 heteroatoms. The average Bonchev–Trinajstić information content (AvgIpc) is 3.42. The largest absolute Gasteiger partial charge is 0.492 e. The molecule has 0 amide bonds. The molecule has 2 aromatic heterocycles. The smallest absolute Gasteiger partial charge is 0.417 e. The van der Waals surface area contributed by atoms with E-state index in [1.807, 2.05) is 19.1 Å². The molecule has 11 nitrogen and oxygen atoms in total. The first-order valence-electron chi connectivity index (χ1n) is 11.8. The van der Waals surface area contributed by atoms with Crippen molar-refractivity contribution in [2.24, 2.45) is 0 Å². The molecule has 5 rings (SSSR count). The maximum atomic E-state index is 12.4. The van der Waals surface area contributed by atoms with Gasteiger partial charge in [-0.2, -0.15) is 4.98 Å². The minimum Gasteiger partial charge on any atom is -0.492 e. The fourth-order valence-corrected chi connectivity index (χ4v) is 5.37. The number of oxazole rings is 2. The van der Waals surface area contributed by atoms with Gasteiger partial charge in [-0.25, -0.2) is 17.5 Å². The van der Waals surface area contributed by atoms with Crippen LogP contribution in [0.25, 0.3) is 22.2 Å². The Morgan fingerprint density at radius 3 is 2.67 bits per heavy atom. The first-order chi connectivity index (χ1) is 17.2. The van der Waals surface area contributed by atoms with Gasteiger partial charge in [-0.1, -0.05) is 0 Å². The van der Waals surface area contributed by atoms with Gasteiger partial charge in [-0.15, -0.1) is 0 Å². The summed E-state index contributed by atoms with van der Waals surface area (Å²) in [4.78, 5) is 21.3. The number of aromatic amines is 1. The molecule has 0 bridgehead atoms. The van der Waals surface area contributed by atoms with Crippen molar-refractivity contribution in [1.82, 2.24) is 19.2 Å². The van der Waals surface area contributed by atoms with Crippen molar-refractivity contribution in [3.8, 4) is 5.75 Å². The van der Waals surface area contributed by atoms with Crippen molar-refractivity contribution in [1.29, 1.82) is 0 Å². The summed E-state index contributed by atoms with van der Waals surface area (Å²) >= 11 is 0. The normalized spacial score (nSPS) is 15.8. The van der Waals surface area contributed by atoms with E-state index in [0.29, 0.717) is 47.1 Å². The zero-order valence-corrected chi connectivity index (χ0v) is 21.2. The number of hydrogen-bond acceptors (Lipinski definition) is 9. The number of rotatable bonds is 8. The fourth-order valence-electron chi connectivity index (χ4n) is 4.44. The SMILES string of the molecule is CCOc1cc(CN2CCC(Nc3nc4cc(S(=O)(=O)N(C)C)ccc4o3)CC2)cc2oc(=O)[nH]c12. The Hall–Kier alpha value is -3.35. The topological polar surface area (TPSA) is 134 Å². The summed E-state index contributed by atoms with van der Waals surface area (Å²) in [6, 6.07) is 9.08. The highest BCUT2D eigenvalue weighted by Crippen LogP contribution is 2.28. The number of likely N-dealkylation sites (tertiary alicyclic amines) is 1. The molecule has 1 saturated heterocycles. The van der Waals surface area contributed by atoms with Crippen molar-refractivity contribution < 1.29 is 22.0 Å². The highest BCUT2D eigenvalue weighted by atomic mass is 32.2. The second kappa shape index (κ2) is 9.60. The molecule has 0 spiro atoms. The lowest BCUT2D eigenvalue weighted by Gasteiger charge is -2.32. The third-order valence-corrected chi connectivity index (χ3v) is 8.13. The lowest BCUT2D eigenvalue weighted by Crippen LogP contribution is -2.38. The van der Waals surface area contributed by atoms with E-state index in [2.05, 4.69) is 20.2 Å². The molecule has 2 aromatic carbocycles. The van der Waals surface area contributed by atoms with Gasteiger partial charge in [0.2, 0.25) is 10.0 Å². The molecule has 0 unspecified atom stereocenters. The molecule has 192 valence electrons. The van der Waals surface area contributed by atoms with E-state index in [9.17, 15) is 13.2 Å². The maximum Gasteiger partial charge on any atom is 0.417 e. The minimum atomic E-state index is -3.54. The molecule has 2 N–H and O–H groups in total. The summed E-state index contributed by atoms with van der Waals surface area (Å²) in [6.07, 6.45) is 1.78. The van der Waals surface area contributed by atoms with Gasteiger partial charge in [0.05, 0.1) is 11.5 Å². The van der Waals surface area contributed by atoms with Crippen LogP contribution in [0, 0.1) is 0 Å². The molecular weight excluding hydrogens is 486 g/mol. The van der Waals surface area contributed by atoms with E-state index in [0.717, 1.165) is 31.5 Å². The van der Waals surface area contributed by atoms with E-state index in [4.69, 9.17) is 13.6 Å². The van der Waals surface area contributed by atoms with Gasteiger partial charge in [0.1, 0.15) is 16.8 Å². The standard InChI is InChI=1S/C24H29N5O6S/c1-4-33-20-11-15(12-21-22(20)27-24(30)35-21)14-29-9-7-16(8-10-29)25-23-26-18-13-17(5-6-19(18)34-23)36(31,32)28(2)3/h5-6,11-13,16H,4,7-10,14H2,1-3H3,(H,25,26)(H,27,30). The van der Waals surface area contributed by atoms with Gasteiger partial charge in [-0.3, -0.25) is 9.88 Å². The number of nitrogens with zero attached hydrogens (tertiary/aromatic N) is 3. The zero-order valence-electron chi connectivity index (χ0n) is 20.4. The summed E-state index contributed by atoms with van der Waals surface area (Å²) in [6.45, 7) is 4.83. The Kier molecular flexibility index (Phi) is 6.49. The summed E-state index contributed by atoms with van der Waals surface area (Å²) in [5.74, 6) is 0.120. The predicted molar refractivity (Wildman–Crippen MR) is 135 cm³/mol. The molecule has 1 aliphatic rings. The van der Waals surface area contributed by atoms with E-state index in [1.165, 1.54) is 30.5 Å². The van der Waals surface area contributed by atoms with Gasteiger partial charge in [0, 0.05) is 39.8 Å². The molecular formula is C24H29N5O6S. The van der Waals surface area contributed by atoms with Crippen LogP contribution >= 0.6 is 0 Å². The van der Waals surface area contributed by atoms with Crippen molar-refractivity contribution in [3.63, 3.8) is 0 Å². The number of hydrogen-bond donors (Lipinski definition) is 2. The van der Waals surface area contributed by atoms with Crippen molar-refractivity contribution in [3.05, 3.63) is 46.4 Å². The summed E-state index contributed by atoms with van der Waals surface area (Å²) in [5, 5.41) is 3.35. The number of sulfonamides is 1. The third kappa shape index (κ3) is 4.84. The third-order valence-electron chi connectivity index (χ3n) is 6.31. The molecule has 36 heavy (non-hydrogen) atoms. The molecule has 0 saturated carbocycles. The number of piperidine rings is 1. The Labute approximate surface area is 208 Å². The monoisotopic (exact) mass is 515 g/mol. The first-order valence-corrected chi connectivity index (χ1v) is 13.3. The van der Waals surface area contributed by atoms with E-state index in [1.54, 1.807) is 6.07 Å². The van der Waals surface area contributed by atoms with E-state index in [-0.39, 0.29) is 10.9 Å². The van der Waals surface area contributed by atoms with Crippen LogP contribution in [0.5, 0.6) is 5.75 Å². The number of H-pyrrole nitrogens is 1. The Balaban J connectivity index is 1.22. The van der Waals surface area contributed by atoms with Crippen molar-refractivity contribution in [2.75, 3.05) is 39.1 Å². The lowest BCUT2D eigenvalue weighted by atomic mass is 10.0. The maximum absolute atomic E-state index is 12.4. The van der Waals surface area contributed by atoms with Crippen LogP contribution in [0.2, 0.25) is 0 Å². The van der Waals surface area contributed by atoms with Crippen molar-refractivity contribution >= 4 is 38.2 Å². The quantitative estimate of drug-likeness (QED) is 0.363. The van der Waals surface area contributed by atoms with Gasteiger partial charge in [-0.05, 0) is 55.7 Å². The lowest BCUT2D eigenvalue weighted by molar-refractivity contribution is 0.210. The molecule has 0 atom stereocenters. The number of ether oxygens (including phenoxy) is 1. The predicted octanol–water partition coefficient (Wildman–Crippen LogP) is 2.99. The van der Waals surface area contributed by atoms with E-state index < -0.39 is 15.8 Å². The van der Waals surface area contributed by atoms with Crippen LogP contribution in [-0.2, 0) is 16.6 Å². The zero-order chi connectivity index (χ0) is 25.4. The van der Waals surface area contributed by atoms with E-state index >= 15 is 0 Å². The first kappa shape index (κ1) is 24.3. The number of aromatic nitrogens is 2. The second-order valence-electron chi connectivity index (χ2n) is 9.05. The molecule has 3 heterocycles. The second-order valence-corrected chi connectivity index (χ2v) is 11.2. The number of fused-ring (bicyclic) bond motifs is 2.